The summed E-state index contributed by atoms with van der Waals surface area (Å²) in [5.74, 6) is -0.634. The van der Waals surface area contributed by atoms with Crippen molar-refractivity contribution in [3.8, 4) is 0 Å². The van der Waals surface area contributed by atoms with E-state index in [2.05, 4.69) is 4.98 Å². The highest BCUT2D eigenvalue weighted by atomic mass is 19.1. The molecule has 1 N–H and O–H groups in total. The van der Waals surface area contributed by atoms with Gasteiger partial charge >= 0.3 is 5.69 Å². The van der Waals surface area contributed by atoms with E-state index in [1.54, 1.807) is 12.1 Å². The van der Waals surface area contributed by atoms with Crippen LogP contribution in [0.2, 0.25) is 0 Å². The Labute approximate surface area is 113 Å². The van der Waals surface area contributed by atoms with Gasteiger partial charge in [0.25, 0.3) is 5.56 Å². The first-order valence-electron chi connectivity index (χ1n) is 6.12. The van der Waals surface area contributed by atoms with Crippen molar-refractivity contribution in [3.05, 3.63) is 80.7 Å². The summed E-state index contributed by atoms with van der Waals surface area (Å²) in [7, 11) is 0. The van der Waals surface area contributed by atoms with Gasteiger partial charge < -0.3 is 4.98 Å². The third-order valence-corrected chi connectivity index (χ3v) is 3.14. The molecule has 0 radical (unpaired) electrons. The van der Waals surface area contributed by atoms with Crippen LogP contribution in [0.5, 0.6) is 0 Å². The molecule has 0 aliphatic carbocycles. The number of aromatic amines is 1. The summed E-state index contributed by atoms with van der Waals surface area (Å²) in [5.41, 5.74) is -0.150. The number of nitrogens with zero attached hydrogens (tertiary/aromatic N) is 1. The second-order valence-corrected chi connectivity index (χ2v) is 4.47. The minimum absolute atomic E-state index is 0.0944. The Morgan fingerprint density at radius 3 is 2.50 bits per heavy atom. The summed E-state index contributed by atoms with van der Waals surface area (Å²) in [6.07, 6.45) is 0. The maximum absolute atomic E-state index is 13.8. The predicted octanol–water partition coefficient (Wildman–Crippen LogP) is 1.88. The number of benzene rings is 2. The van der Waals surface area contributed by atoms with Crippen LogP contribution in [0.25, 0.3) is 10.9 Å². The summed E-state index contributed by atoms with van der Waals surface area (Å²) >= 11 is 0. The Morgan fingerprint density at radius 1 is 1.00 bits per heavy atom. The molecule has 4 nitrogen and oxygen atoms in total. The average molecular weight is 270 g/mol. The molecule has 0 unspecified atom stereocenters. The second kappa shape index (κ2) is 4.77. The predicted molar refractivity (Wildman–Crippen MR) is 74.3 cm³/mol. The number of nitrogens with one attached hydrogen (secondary N) is 1. The Hall–Kier alpha value is -2.69. The molecule has 0 bridgehead atoms. The SMILES string of the molecule is O=c1[nH]c2cccc(F)c2c(=O)n1Cc1ccccc1. The minimum atomic E-state index is -0.634. The number of fused-ring (bicyclic) bond motifs is 1. The molecular formula is C15H11FN2O2. The highest BCUT2D eigenvalue weighted by Crippen LogP contribution is 2.09. The first-order chi connectivity index (χ1) is 9.66. The molecule has 0 atom stereocenters. The zero-order valence-corrected chi connectivity index (χ0v) is 10.5. The van der Waals surface area contributed by atoms with Crippen LogP contribution in [-0.4, -0.2) is 9.55 Å². The molecule has 0 aliphatic heterocycles. The Morgan fingerprint density at radius 2 is 1.75 bits per heavy atom. The molecule has 2 aromatic carbocycles. The quantitative estimate of drug-likeness (QED) is 0.773. The standard InChI is InChI=1S/C15H11FN2O2/c16-11-7-4-8-12-13(11)14(19)18(15(20)17-12)9-10-5-2-1-3-6-10/h1-8H,9H2,(H,17,20). The maximum Gasteiger partial charge on any atom is 0.329 e. The highest BCUT2D eigenvalue weighted by Gasteiger charge is 2.11. The molecule has 0 aliphatic rings. The van der Waals surface area contributed by atoms with Crippen molar-refractivity contribution >= 4 is 10.9 Å². The number of halogens is 1. The molecule has 3 aromatic rings. The second-order valence-electron chi connectivity index (χ2n) is 4.47. The minimum Gasteiger partial charge on any atom is -0.307 e. The molecular weight excluding hydrogens is 259 g/mol. The number of rotatable bonds is 2. The van der Waals surface area contributed by atoms with Gasteiger partial charge in [0.05, 0.1) is 17.4 Å². The molecule has 3 rings (SSSR count). The lowest BCUT2D eigenvalue weighted by molar-refractivity contribution is 0.632. The number of hydrogen-bond acceptors (Lipinski definition) is 2. The van der Waals surface area contributed by atoms with Crippen molar-refractivity contribution in [2.24, 2.45) is 0 Å². The highest BCUT2D eigenvalue weighted by molar-refractivity contribution is 5.77. The first-order valence-corrected chi connectivity index (χ1v) is 6.12. The van der Waals surface area contributed by atoms with Crippen LogP contribution in [0.1, 0.15) is 5.56 Å². The van der Waals surface area contributed by atoms with Crippen molar-refractivity contribution < 1.29 is 4.39 Å². The third-order valence-electron chi connectivity index (χ3n) is 3.14. The van der Waals surface area contributed by atoms with Crippen molar-refractivity contribution in [1.29, 1.82) is 0 Å². The fourth-order valence-corrected chi connectivity index (χ4v) is 2.17. The summed E-state index contributed by atoms with van der Waals surface area (Å²) < 4.78 is 14.8. The van der Waals surface area contributed by atoms with E-state index in [-0.39, 0.29) is 17.4 Å². The molecule has 0 amide bonds. The molecule has 5 heteroatoms. The zero-order valence-electron chi connectivity index (χ0n) is 10.5. The maximum atomic E-state index is 13.8. The van der Waals surface area contributed by atoms with Crippen LogP contribution in [0, 0.1) is 5.82 Å². The van der Waals surface area contributed by atoms with Gasteiger partial charge in [-0.1, -0.05) is 36.4 Å². The summed E-state index contributed by atoms with van der Waals surface area (Å²) in [5, 5.41) is -0.0944. The van der Waals surface area contributed by atoms with Gasteiger partial charge in [-0.3, -0.25) is 9.36 Å². The molecule has 0 saturated carbocycles. The lowest BCUT2D eigenvalue weighted by atomic mass is 10.2. The van der Waals surface area contributed by atoms with Crippen LogP contribution in [0.15, 0.2) is 58.1 Å². The van der Waals surface area contributed by atoms with E-state index in [9.17, 15) is 14.0 Å². The third kappa shape index (κ3) is 2.03. The van der Waals surface area contributed by atoms with E-state index in [0.29, 0.717) is 0 Å². The zero-order chi connectivity index (χ0) is 14.1. The molecule has 0 spiro atoms. The van der Waals surface area contributed by atoms with Gasteiger partial charge in [-0.05, 0) is 17.7 Å². The van der Waals surface area contributed by atoms with Crippen molar-refractivity contribution in [3.63, 3.8) is 0 Å². The topological polar surface area (TPSA) is 54.9 Å². The van der Waals surface area contributed by atoms with Gasteiger partial charge in [-0.25, -0.2) is 9.18 Å². The Kier molecular flexibility index (Phi) is 2.95. The fraction of sp³-hybridized carbons (Fsp3) is 0.0667. The van der Waals surface area contributed by atoms with Crippen molar-refractivity contribution in [2.75, 3.05) is 0 Å². The molecule has 1 aromatic heterocycles. The monoisotopic (exact) mass is 270 g/mol. The van der Waals surface area contributed by atoms with Crippen molar-refractivity contribution in [2.45, 2.75) is 6.54 Å². The molecule has 100 valence electrons. The van der Waals surface area contributed by atoms with Gasteiger partial charge in [-0.15, -0.1) is 0 Å². The van der Waals surface area contributed by atoms with Crippen LogP contribution in [-0.2, 0) is 6.54 Å². The Bertz CT molecular complexity index is 882. The molecule has 1 heterocycles. The molecule has 0 fully saturated rings. The normalized spacial score (nSPS) is 10.8. The molecule has 0 saturated heterocycles. The largest absolute Gasteiger partial charge is 0.329 e. The van der Waals surface area contributed by atoms with Crippen LogP contribution in [0.3, 0.4) is 0 Å². The van der Waals surface area contributed by atoms with Crippen molar-refractivity contribution in [1.82, 2.24) is 9.55 Å². The number of hydrogen-bond donors (Lipinski definition) is 1. The van der Waals surface area contributed by atoms with E-state index in [0.717, 1.165) is 10.1 Å². The number of aromatic nitrogens is 2. The van der Waals surface area contributed by atoms with Gasteiger partial charge in [0, 0.05) is 0 Å². The first kappa shape index (κ1) is 12.3. The van der Waals surface area contributed by atoms with Gasteiger partial charge in [0.2, 0.25) is 0 Å². The smallest absolute Gasteiger partial charge is 0.307 e. The van der Waals surface area contributed by atoms with E-state index in [1.807, 2.05) is 18.2 Å². The van der Waals surface area contributed by atoms with E-state index in [1.165, 1.54) is 18.2 Å². The van der Waals surface area contributed by atoms with E-state index < -0.39 is 17.1 Å². The number of H-pyrrole nitrogens is 1. The van der Waals surface area contributed by atoms with Crippen LogP contribution >= 0.6 is 0 Å². The van der Waals surface area contributed by atoms with Gasteiger partial charge in [0.15, 0.2) is 0 Å². The van der Waals surface area contributed by atoms with Gasteiger partial charge in [-0.2, -0.15) is 0 Å². The summed E-state index contributed by atoms with van der Waals surface area (Å²) in [4.78, 5) is 26.8. The van der Waals surface area contributed by atoms with Crippen LogP contribution in [0.4, 0.5) is 4.39 Å². The lowest BCUT2D eigenvalue weighted by Crippen LogP contribution is -2.35. The fourth-order valence-electron chi connectivity index (χ4n) is 2.17. The van der Waals surface area contributed by atoms with E-state index >= 15 is 0 Å². The average Bonchev–Trinajstić information content (AvgIpc) is 2.44. The summed E-state index contributed by atoms with van der Waals surface area (Å²) in [6, 6.07) is 13.2. The van der Waals surface area contributed by atoms with E-state index in [4.69, 9.17) is 0 Å². The Balaban J connectivity index is 2.24. The lowest BCUT2D eigenvalue weighted by Gasteiger charge is -2.06. The van der Waals surface area contributed by atoms with Crippen LogP contribution < -0.4 is 11.2 Å². The summed E-state index contributed by atoms with van der Waals surface area (Å²) in [6.45, 7) is 0.110. The molecule has 20 heavy (non-hydrogen) atoms. The van der Waals surface area contributed by atoms with Gasteiger partial charge in [0.1, 0.15) is 5.82 Å².